The number of rotatable bonds is 6. The van der Waals surface area contributed by atoms with Gasteiger partial charge < -0.3 is 9.84 Å². The fourth-order valence-electron chi connectivity index (χ4n) is 2.08. The third-order valence-corrected chi connectivity index (χ3v) is 3.37. The molecule has 0 radical (unpaired) electrons. The molecule has 1 N–H and O–H groups in total. The van der Waals surface area contributed by atoms with Crippen molar-refractivity contribution >= 4 is 5.97 Å². The minimum absolute atomic E-state index is 0.205. The zero-order valence-corrected chi connectivity index (χ0v) is 12.6. The second-order valence-electron chi connectivity index (χ2n) is 4.82. The number of aromatic carboxylic acids is 1. The fourth-order valence-corrected chi connectivity index (χ4v) is 2.08. The third kappa shape index (κ3) is 3.40. The van der Waals surface area contributed by atoms with E-state index >= 15 is 0 Å². The molecule has 0 atom stereocenters. The molecule has 0 spiro atoms. The Labute approximate surface area is 128 Å². The van der Waals surface area contributed by atoms with Crippen molar-refractivity contribution in [2.24, 2.45) is 0 Å². The van der Waals surface area contributed by atoms with Crippen molar-refractivity contribution in [3.05, 3.63) is 51.8 Å². The molecule has 6 heteroatoms. The molecule has 0 bridgehead atoms. The number of hydrogen-bond acceptors (Lipinski definition) is 4. The molecule has 0 aliphatic carbocycles. The van der Waals surface area contributed by atoms with E-state index in [1.54, 1.807) is 0 Å². The Kier molecular flexibility index (Phi) is 5.06. The van der Waals surface area contributed by atoms with Crippen LogP contribution in [-0.4, -0.2) is 34.6 Å². The molecule has 6 nitrogen and oxygen atoms in total. The molecule has 116 valence electrons. The molecule has 2 rings (SSSR count). The summed E-state index contributed by atoms with van der Waals surface area (Å²) < 4.78 is 6.06. The first-order valence-corrected chi connectivity index (χ1v) is 7.00. The van der Waals surface area contributed by atoms with Gasteiger partial charge in [0, 0.05) is 12.7 Å². The molecular weight excluding hydrogens is 284 g/mol. The van der Waals surface area contributed by atoms with Crippen LogP contribution in [0.25, 0.3) is 11.3 Å². The van der Waals surface area contributed by atoms with Gasteiger partial charge in [0.2, 0.25) is 0 Å². The summed E-state index contributed by atoms with van der Waals surface area (Å²) >= 11 is 0. The van der Waals surface area contributed by atoms with Gasteiger partial charge in [0.25, 0.3) is 5.56 Å². The van der Waals surface area contributed by atoms with Gasteiger partial charge in [0.05, 0.1) is 18.8 Å². The van der Waals surface area contributed by atoms with Crippen molar-refractivity contribution in [2.75, 3.05) is 13.7 Å². The van der Waals surface area contributed by atoms with Crippen molar-refractivity contribution < 1.29 is 14.6 Å². The van der Waals surface area contributed by atoms with Crippen LogP contribution in [0, 0.1) is 0 Å². The van der Waals surface area contributed by atoms with Crippen LogP contribution < -0.4 is 5.56 Å². The van der Waals surface area contributed by atoms with Crippen molar-refractivity contribution in [2.45, 2.75) is 19.9 Å². The van der Waals surface area contributed by atoms with E-state index in [-0.39, 0.29) is 18.7 Å². The predicted octanol–water partition coefficient (Wildman–Crippen LogP) is 1.82. The van der Waals surface area contributed by atoms with Gasteiger partial charge in [-0.15, -0.1) is 0 Å². The predicted molar refractivity (Wildman–Crippen MR) is 82.1 cm³/mol. The number of methoxy groups -OCH3 is 1. The second-order valence-corrected chi connectivity index (χ2v) is 4.82. The average Bonchev–Trinajstić information content (AvgIpc) is 2.53. The van der Waals surface area contributed by atoms with Crippen LogP contribution in [-0.2, 0) is 17.7 Å². The summed E-state index contributed by atoms with van der Waals surface area (Å²) in [5.41, 5.74) is 1.48. The smallest absolute Gasteiger partial charge is 0.341 e. The van der Waals surface area contributed by atoms with Crippen LogP contribution in [0.3, 0.4) is 0 Å². The quantitative estimate of drug-likeness (QED) is 0.880. The number of nitrogens with zero attached hydrogens (tertiary/aromatic N) is 2. The monoisotopic (exact) mass is 302 g/mol. The Bertz CT molecular complexity index is 720. The van der Waals surface area contributed by atoms with Gasteiger partial charge in [-0.2, -0.15) is 5.10 Å². The van der Waals surface area contributed by atoms with E-state index in [2.05, 4.69) is 12.0 Å². The SMILES string of the molecule is CCc1ccc(-c2cc(C(=O)O)c(=O)n(CCOC)n2)cc1. The molecule has 2 aromatic rings. The van der Waals surface area contributed by atoms with Crippen LogP contribution in [0.15, 0.2) is 35.1 Å². The van der Waals surface area contributed by atoms with Crippen molar-refractivity contribution in [3.63, 3.8) is 0 Å². The van der Waals surface area contributed by atoms with Crippen LogP contribution in [0.4, 0.5) is 0 Å². The molecule has 0 amide bonds. The van der Waals surface area contributed by atoms with Gasteiger partial charge >= 0.3 is 5.97 Å². The number of carboxylic acid groups (broad SMARTS) is 1. The van der Waals surface area contributed by atoms with Crippen molar-refractivity contribution in [3.8, 4) is 11.3 Å². The van der Waals surface area contributed by atoms with Crippen molar-refractivity contribution in [1.82, 2.24) is 9.78 Å². The molecule has 0 unspecified atom stereocenters. The van der Waals surface area contributed by atoms with E-state index in [0.29, 0.717) is 5.69 Å². The number of aromatic nitrogens is 2. The zero-order chi connectivity index (χ0) is 16.1. The van der Waals surface area contributed by atoms with E-state index < -0.39 is 11.5 Å². The highest BCUT2D eigenvalue weighted by Crippen LogP contribution is 2.17. The van der Waals surface area contributed by atoms with Gasteiger partial charge in [0.15, 0.2) is 0 Å². The fraction of sp³-hybridized carbons (Fsp3) is 0.312. The number of carboxylic acids is 1. The van der Waals surface area contributed by atoms with Gasteiger partial charge in [-0.1, -0.05) is 31.2 Å². The first-order valence-electron chi connectivity index (χ1n) is 7.00. The third-order valence-electron chi connectivity index (χ3n) is 3.37. The summed E-state index contributed by atoms with van der Waals surface area (Å²) in [5, 5.41) is 13.4. The molecule has 1 heterocycles. The number of hydrogen-bond donors (Lipinski definition) is 1. The van der Waals surface area contributed by atoms with E-state index in [1.165, 1.54) is 18.7 Å². The lowest BCUT2D eigenvalue weighted by Gasteiger charge is -2.09. The summed E-state index contributed by atoms with van der Waals surface area (Å²) in [6.07, 6.45) is 0.918. The molecule has 22 heavy (non-hydrogen) atoms. The van der Waals surface area contributed by atoms with E-state index in [0.717, 1.165) is 16.7 Å². The van der Waals surface area contributed by atoms with Crippen LogP contribution in [0.2, 0.25) is 0 Å². The Morgan fingerprint density at radius 2 is 2.00 bits per heavy atom. The molecule has 1 aromatic carbocycles. The van der Waals surface area contributed by atoms with E-state index in [9.17, 15) is 14.7 Å². The van der Waals surface area contributed by atoms with Crippen LogP contribution in [0.5, 0.6) is 0 Å². The topological polar surface area (TPSA) is 81.4 Å². The van der Waals surface area contributed by atoms with E-state index in [4.69, 9.17) is 4.74 Å². The maximum absolute atomic E-state index is 12.1. The summed E-state index contributed by atoms with van der Waals surface area (Å²) in [4.78, 5) is 23.3. The molecule has 0 saturated heterocycles. The zero-order valence-electron chi connectivity index (χ0n) is 12.6. The van der Waals surface area contributed by atoms with E-state index in [1.807, 2.05) is 24.3 Å². The van der Waals surface area contributed by atoms with Gasteiger partial charge in [-0.25, -0.2) is 9.48 Å². The highest BCUT2D eigenvalue weighted by molar-refractivity contribution is 5.88. The highest BCUT2D eigenvalue weighted by atomic mass is 16.5. The molecular formula is C16H18N2O4. The Morgan fingerprint density at radius 1 is 1.32 bits per heavy atom. The lowest BCUT2D eigenvalue weighted by molar-refractivity contribution is 0.0693. The summed E-state index contributed by atoms with van der Waals surface area (Å²) in [6.45, 7) is 2.54. The Balaban J connectivity index is 2.52. The van der Waals surface area contributed by atoms with Gasteiger partial charge in [-0.05, 0) is 18.1 Å². The second kappa shape index (κ2) is 7.00. The first kappa shape index (κ1) is 15.9. The molecule has 0 aliphatic heterocycles. The van der Waals surface area contributed by atoms with Gasteiger partial charge in [-0.3, -0.25) is 4.79 Å². The summed E-state index contributed by atoms with van der Waals surface area (Å²) in [7, 11) is 1.51. The average molecular weight is 302 g/mol. The number of carbonyl (C=O) groups is 1. The minimum atomic E-state index is -1.26. The van der Waals surface area contributed by atoms with Crippen LogP contribution in [0.1, 0.15) is 22.8 Å². The standard InChI is InChI=1S/C16H18N2O4/c1-3-11-4-6-12(7-5-11)14-10-13(16(20)21)15(19)18(17-14)8-9-22-2/h4-7,10H,3,8-9H2,1-2H3,(H,20,21). The largest absolute Gasteiger partial charge is 0.477 e. The van der Waals surface area contributed by atoms with Crippen molar-refractivity contribution in [1.29, 1.82) is 0 Å². The molecule has 0 fully saturated rings. The van der Waals surface area contributed by atoms with Crippen LogP contribution >= 0.6 is 0 Å². The molecule has 0 saturated carbocycles. The summed E-state index contributed by atoms with van der Waals surface area (Å²) in [6, 6.07) is 8.98. The number of benzene rings is 1. The molecule has 1 aromatic heterocycles. The summed E-state index contributed by atoms with van der Waals surface area (Å²) in [5.74, 6) is -1.26. The highest BCUT2D eigenvalue weighted by Gasteiger charge is 2.15. The maximum atomic E-state index is 12.1. The minimum Gasteiger partial charge on any atom is -0.477 e. The maximum Gasteiger partial charge on any atom is 0.341 e. The first-order chi connectivity index (χ1) is 10.6. The number of aryl methyl sites for hydroxylation is 1. The Hall–Kier alpha value is -2.47. The van der Waals surface area contributed by atoms with Gasteiger partial charge in [0.1, 0.15) is 5.56 Å². The lowest BCUT2D eigenvalue weighted by Crippen LogP contribution is -2.30. The normalized spacial score (nSPS) is 10.6. The molecule has 0 aliphatic rings. The lowest BCUT2D eigenvalue weighted by atomic mass is 10.1. The number of ether oxygens (including phenoxy) is 1. The Morgan fingerprint density at radius 3 is 2.55 bits per heavy atom.